The predicted octanol–water partition coefficient (Wildman–Crippen LogP) is 4.58. The van der Waals surface area contributed by atoms with Crippen LogP contribution in [0.3, 0.4) is 0 Å². The van der Waals surface area contributed by atoms with Crippen molar-refractivity contribution in [3.05, 3.63) is 84.2 Å². The minimum atomic E-state index is -4.66. The SMILES string of the molecule is Cc1ccc(-c2ccccn2)cc1-c1cc(C(F)(F)F)nn1-c1ccc(S(N)(=O)=O)cc1. The average molecular weight is 458 g/mol. The number of hydrogen-bond donors (Lipinski definition) is 1. The van der Waals surface area contributed by atoms with E-state index in [1.54, 1.807) is 37.4 Å². The van der Waals surface area contributed by atoms with E-state index in [2.05, 4.69) is 10.1 Å². The number of benzene rings is 2. The summed E-state index contributed by atoms with van der Waals surface area (Å²) in [7, 11) is -3.94. The zero-order chi connectivity index (χ0) is 23.1. The zero-order valence-corrected chi connectivity index (χ0v) is 17.5. The van der Waals surface area contributed by atoms with Crippen molar-refractivity contribution < 1.29 is 21.6 Å². The van der Waals surface area contributed by atoms with Gasteiger partial charge in [0.1, 0.15) is 0 Å². The van der Waals surface area contributed by atoms with Gasteiger partial charge < -0.3 is 0 Å². The van der Waals surface area contributed by atoms with E-state index in [-0.39, 0.29) is 16.3 Å². The zero-order valence-electron chi connectivity index (χ0n) is 16.7. The lowest BCUT2D eigenvalue weighted by molar-refractivity contribution is -0.141. The number of rotatable bonds is 4. The van der Waals surface area contributed by atoms with Gasteiger partial charge in [0.25, 0.3) is 0 Å². The first-order chi connectivity index (χ1) is 15.0. The topological polar surface area (TPSA) is 90.9 Å². The standard InChI is InChI=1S/C22H17F3N4O2S/c1-14-5-6-15(19-4-2-3-11-27-19)12-18(14)20-13-21(22(23,24)25)28-29(20)16-7-9-17(10-8-16)32(26,30)31/h2-13H,1H3,(H2,26,30,31). The number of aryl methyl sites for hydroxylation is 1. The van der Waals surface area contributed by atoms with Crippen molar-refractivity contribution in [2.45, 2.75) is 18.0 Å². The molecule has 4 aromatic rings. The van der Waals surface area contributed by atoms with E-state index in [0.29, 0.717) is 11.3 Å². The van der Waals surface area contributed by atoms with E-state index in [1.165, 1.54) is 24.3 Å². The first-order valence-corrected chi connectivity index (χ1v) is 10.9. The van der Waals surface area contributed by atoms with Gasteiger partial charge in [-0.3, -0.25) is 4.98 Å². The maximum Gasteiger partial charge on any atom is 0.435 e. The Bertz CT molecular complexity index is 1380. The van der Waals surface area contributed by atoms with Crippen LogP contribution in [0.2, 0.25) is 0 Å². The molecule has 0 fully saturated rings. The summed E-state index contributed by atoms with van der Waals surface area (Å²) in [4.78, 5) is 4.15. The normalized spacial score (nSPS) is 12.2. The van der Waals surface area contributed by atoms with Crippen LogP contribution in [0.15, 0.2) is 77.8 Å². The molecule has 0 unspecified atom stereocenters. The number of aromatic nitrogens is 3. The molecule has 0 spiro atoms. The number of halogens is 3. The minimum absolute atomic E-state index is 0.153. The Kier molecular flexibility index (Phi) is 5.35. The molecule has 2 N–H and O–H groups in total. The monoisotopic (exact) mass is 458 g/mol. The third-order valence-corrected chi connectivity index (χ3v) is 5.81. The van der Waals surface area contributed by atoms with E-state index in [0.717, 1.165) is 21.9 Å². The van der Waals surface area contributed by atoms with Crippen LogP contribution in [0.4, 0.5) is 13.2 Å². The molecule has 0 amide bonds. The Morgan fingerprint density at radius 2 is 1.69 bits per heavy atom. The van der Waals surface area contributed by atoms with Crippen LogP contribution in [0.25, 0.3) is 28.2 Å². The fraction of sp³-hybridized carbons (Fsp3) is 0.0909. The van der Waals surface area contributed by atoms with Crippen molar-refractivity contribution in [3.63, 3.8) is 0 Å². The Morgan fingerprint density at radius 1 is 0.969 bits per heavy atom. The third kappa shape index (κ3) is 4.27. The summed E-state index contributed by atoms with van der Waals surface area (Å²) in [6.07, 6.45) is -3.03. The van der Waals surface area contributed by atoms with Crippen LogP contribution < -0.4 is 5.14 Å². The van der Waals surface area contributed by atoms with Crippen LogP contribution in [0.5, 0.6) is 0 Å². The van der Waals surface area contributed by atoms with E-state index >= 15 is 0 Å². The second-order valence-corrected chi connectivity index (χ2v) is 8.67. The van der Waals surface area contributed by atoms with Gasteiger partial charge in [-0.05, 0) is 61.0 Å². The molecule has 32 heavy (non-hydrogen) atoms. The lowest BCUT2D eigenvalue weighted by Gasteiger charge is -2.12. The summed E-state index contributed by atoms with van der Waals surface area (Å²) >= 11 is 0. The fourth-order valence-electron chi connectivity index (χ4n) is 3.28. The Hall–Kier alpha value is -3.50. The van der Waals surface area contributed by atoms with E-state index in [1.807, 2.05) is 12.1 Å². The van der Waals surface area contributed by atoms with Crippen LogP contribution >= 0.6 is 0 Å². The van der Waals surface area contributed by atoms with Crippen LogP contribution in [0.1, 0.15) is 11.3 Å². The second kappa shape index (κ2) is 7.88. The average Bonchev–Trinajstić information content (AvgIpc) is 3.20. The largest absolute Gasteiger partial charge is 0.435 e. The van der Waals surface area contributed by atoms with Crippen molar-refractivity contribution in [2.75, 3.05) is 0 Å². The first kappa shape index (κ1) is 21.7. The molecule has 2 aromatic heterocycles. The predicted molar refractivity (Wildman–Crippen MR) is 113 cm³/mol. The molecule has 0 radical (unpaired) electrons. The van der Waals surface area contributed by atoms with Gasteiger partial charge in [0.2, 0.25) is 10.0 Å². The molecule has 2 heterocycles. The van der Waals surface area contributed by atoms with Gasteiger partial charge >= 0.3 is 6.18 Å². The van der Waals surface area contributed by atoms with Crippen molar-refractivity contribution in [1.29, 1.82) is 0 Å². The Morgan fingerprint density at radius 3 is 2.28 bits per heavy atom. The van der Waals surface area contributed by atoms with Gasteiger partial charge in [-0.15, -0.1) is 0 Å². The molecule has 0 aliphatic carbocycles. The smallest absolute Gasteiger partial charge is 0.256 e. The highest BCUT2D eigenvalue weighted by molar-refractivity contribution is 7.89. The molecular formula is C22H17F3N4O2S. The maximum atomic E-state index is 13.5. The van der Waals surface area contributed by atoms with Crippen LogP contribution in [-0.4, -0.2) is 23.2 Å². The Labute approximate surface area is 182 Å². The van der Waals surface area contributed by atoms with Crippen LogP contribution in [0, 0.1) is 6.92 Å². The number of pyridine rings is 1. The van der Waals surface area contributed by atoms with Gasteiger partial charge in [-0.1, -0.05) is 18.2 Å². The number of primary sulfonamides is 1. The van der Waals surface area contributed by atoms with Gasteiger partial charge in [0.05, 0.1) is 22.0 Å². The molecule has 10 heteroatoms. The number of alkyl halides is 3. The van der Waals surface area contributed by atoms with Crippen LogP contribution in [-0.2, 0) is 16.2 Å². The molecule has 164 valence electrons. The molecule has 0 aliphatic rings. The number of hydrogen-bond acceptors (Lipinski definition) is 4. The fourth-order valence-corrected chi connectivity index (χ4v) is 3.79. The lowest BCUT2D eigenvalue weighted by atomic mass is 10.00. The summed E-state index contributed by atoms with van der Waals surface area (Å²) in [5.74, 6) is 0. The van der Waals surface area contributed by atoms with E-state index in [4.69, 9.17) is 5.14 Å². The highest BCUT2D eigenvalue weighted by Gasteiger charge is 2.35. The summed E-state index contributed by atoms with van der Waals surface area (Å²) in [5, 5.41) is 8.87. The highest BCUT2D eigenvalue weighted by atomic mass is 32.2. The van der Waals surface area contributed by atoms with Gasteiger partial charge in [0, 0.05) is 17.3 Å². The maximum absolute atomic E-state index is 13.5. The van der Waals surface area contributed by atoms with Crippen molar-refractivity contribution in [1.82, 2.24) is 14.8 Å². The van der Waals surface area contributed by atoms with Gasteiger partial charge in [0.15, 0.2) is 5.69 Å². The van der Waals surface area contributed by atoms with Crippen molar-refractivity contribution >= 4 is 10.0 Å². The quantitative estimate of drug-likeness (QED) is 0.485. The molecule has 0 saturated heterocycles. The molecule has 0 atom stereocenters. The molecule has 0 aliphatic heterocycles. The second-order valence-electron chi connectivity index (χ2n) is 7.11. The number of nitrogens with two attached hydrogens (primary N) is 1. The van der Waals surface area contributed by atoms with Gasteiger partial charge in [-0.2, -0.15) is 18.3 Å². The van der Waals surface area contributed by atoms with E-state index < -0.39 is 21.9 Å². The molecule has 4 rings (SSSR count). The minimum Gasteiger partial charge on any atom is -0.256 e. The Balaban J connectivity index is 1.91. The molecule has 0 bridgehead atoms. The molecule has 6 nitrogen and oxygen atoms in total. The molecule has 2 aromatic carbocycles. The number of nitrogens with zero attached hydrogens (tertiary/aromatic N) is 3. The highest BCUT2D eigenvalue weighted by Crippen LogP contribution is 2.35. The van der Waals surface area contributed by atoms with Crippen molar-refractivity contribution in [3.8, 4) is 28.2 Å². The van der Waals surface area contributed by atoms with E-state index in [9.17, 15) is 21.6 Å². The summed E-state index contributed by atoms with van der Waals surface area (Å²) in [5.41, 5.74) is 2.07. The number of sulfonamides is 1. The van der Waals surface area contributed by atoms with Gasteiger partial charge in [-0.25, -0.2) is 18.2 Å². The summed E-state index contributed by atoms with van der Waals surface area (Å²) in [6.45, 7) is 1.78. The molecular weight excluding hydrogens is 441 g/mol. The summed E-state index contributed by atoms with van der Waals surface area (Å²) in [6, 6.07) is 16.9. The van der Waals surface area contributed by atoms with Crippen molar-refractivity contribution in [2.24, 2.45) is 5.14 Å². The third-order valence-electron chi connectivity index (χ3n) is 4.88. The molecule has 0 saturated carbocycles. The summed E-state index contributed by atoms with van der Waals surface area (Å²) < 4.78 is 64.7. The lowest BCUT2D eigenvalue weighted by Crippen LogP contribution is -2.12. The first-order valence-electron chi connectivity index (χ1n) is 9.37.